The maximum atomic E-state index is 14.7. The van der Waals surface area contributed by atoms with E-state index in [1.165, 1.54) is 29.5 Å². The van der Waals surface area contributed by atoms with Gasteiger partial charge < -0.3 is 107 Å². The molecule has 5 aromatic rings. The van der Waals surface area contributed by atoms with Gasteiger partial charge in [-0.3, -0.25) is 24.0 Å². The van der Waals surface area contributed by atoms with Crippen molar-refractivity contribution in [3.63, 3.8) is 0 Å². The SMILES string of the molecule is CCCOCCOCCOCCOCCOCCOCCC.COCCC(=O)N1CCc2cc(Cn3nc(-c4ccc5oc(N)nc5c4)c4c(N)ncnc43)ccc2C1.COCCCC(=O)O[C@@H]1CC[C@@H](C[C@@H](C)[C@@H]2C[C@@H](OC)[C@H](C)/C=C(\C)[C@@H](O)[C@@H](OC)C(=O)[C@H](C)C[C@H](C)/C=C/C=C/C=C(\C)[C@@H](OC)C[C@@H]3CC[C@@H](C)[C@@](O)(O3)C(=O)C(=O)N3CCCC[C@H]3C(=O)O2)C[C@H]1OC. The average molecular weight is 1850 g/mol. The summed E-state index contributed by atoms with van der Waals surface area (Å²) in [4.78, 5) is 98.5. The van der Waals surface area contributed by atoms with Gasteiger partial charge in [0.1, 0.15) is 53.8 Å². The Morgan fingerprint density at radius 1 is 0.674 bits per heavy atom. The number of methoxy groups -OCH3 is 6. The van der Waals surface area contributed by atoms with E-state index in [1.54, 1.807) is 49.4 Å². The minimum absolute atomic E-state index is 0.0343. The van der Waals surface area contributed by atoms with Crippen molar-refractivity contribution >= 4 is 69.3 Å². The molecule has 7 heterocycles. The zero-order chi connectivity index (χ0) is 95.7. The predicted octanol–water partition coefficient (Wildman–Crippen LogP) is 12.3. The number of amides is 2. The Morgan fingerprint density at radius 3 is 1.99 bits per heavy atom. The molecule has 132 heavy (non-hydrogen) atoms. The molecular weight excluding hydrogens is 1700 g/mol. The number of aliphatic hydroxyl groups excluding tert-OH is 1. The molecule has 6 N–H and O–H groups in total. The molecule has 0 radical (unpaired) electrons. The van der Waals surface area contributed by atoms with E-state index in [4.69, 9.17) is 92.0 Å². The number of cyclic esters (lactones) is 1. The standard InChI is InChI=1S/C57H91NO15.C26H26N8O3.C16H34O6/c1-35-19-14-13-15-20-36(2)46(67-9)33-43-25-23-41(7)57(65,73-43)54(62)55(63)58-27-17-16-21-44(58)56(64)72-48(34-47(68-10)37(3)30-40(6)52(61)53(70-12)51(60)39(5)29-35)38(4)31-42-24-26-45(49(32-42)69-11)71-50(59)22-18-28-66-8;1-36-9-7-21(35)33-8-6-16-10-15(2-3-18(16)13-33)12-34-25-22(24(27)29-14-30-25)23(32-34)17-4-5-20-19(11-17)31-26(28)37-20;1-3-5-17-7-9-19-11-13-21-15-16-22-14-12-20-10-8-18-6-4-2/h13-15,19-20,30,35,37-39,41-49,52-53,61,65H,16-18,21-29,31-34H2,1-12H3;2-5,10-11,14H,6-9,12-13H2,1H3,(H2,28,31)(H2,27,29,30);3-16H2,1-2H3/b15-13+,19-14+,36-20+,40-30+;;/t35-,37-,38-,39-,41-,42+,43+,44+,45-,46+,47-,48+,49-,52-,53+,57-;;/m1../s1. The smallest absolute Gasteiger partial charge is 0.329 e. The Labute approximate surface area is 779 Å². The molecule has 2 amide bonds. The highest BCUT2D eigenvalue weighted by Crippen LogP contribution is 2.40. The largest absolute Gasteiger partial charge is 0.460 e. The lowest BCUT2D eigenvalue weighted by Crippen LogP contribution is -2.61. The number of hydrogen-bond donors (Lipinski definition) is 4. The molecule has 0 unspecified atom stereocenters. The van der Waals surface area contributed by atoms with Crippen LogP contribution in [0.2, 0.25) is 0 Å². The van der Waals surface area contributed by atoms with E-state index in [0.717, 1.165) is 55.6 Å². The number of rotatable bonds is 37. The molecule has 33 heteroatoms. The summed E-state index contributed by atoms with van der Waals surface area (Å²) in [5.74, 6) is -6.76. The van der Waals surface area contributed by atoms with Crippen LogP contribution in [0.1, 0.15) is 188 Å². The van der Waals surface area contributed by atoms with E-state index < -0.39 is 84.1 Å². The number of nitrogens with two attached hydrogens (primary N) is 2. The lowest BCUT2D eigenvalue weighted by atomic mass is 9.78. The van der Waals surface area contributed by atoms with Gasteiger partial charge in [0.15, 0.2) is 17.0 Å². The Morgan fingerprint density at radius 2 is 1.35 bits per heavy atom. The van der Waals surface area contributed by atoms with Crippen LogP contribution in [0.25, 0.3) is 33.4 Å². The molecule has 16 atom stereocenters. The van der Waals surface area contributed by atoms with E-state index in [2.05, 4.69) is 47.0 Å². The Kier molecular flexibility index (Phi) is 47.5. The number of piperidine rings is 1. The van der Waals surface area contributed by atoms with Gasteiger partial charge in [-0.25, -0.2) is 19.4 Å². The van der Waals surface area contributed by atoms with Crippen LogP contribution in [0.15, 0.2) is 94.7 Å². The first-order valence-corrected chi connectivity index (χ1v) is 47.3. The van der Waals surface area contributed by atoms with Crippen LogP contribution in [0.4, 0.5) is 11.8 Å². The molecule has 2 aromatic carbocycles. The highest BCUT2D eigenvalue weighted by Gasteiger charge is 2.53. The molecule has 3 aromatic heterocycles. The van der Waals surface area contributed by atoms with Gasteiger partial charge in [0, 0.05) is 125 Å². The summed E-state index contributed by atoms with van der Waals surface area (Å²) in [6.07, 6.45) is 17.8. The summed E-state index contributed by atoms with van der Waals surface area (Å²) in [5, 5.41) is 29.3. The van der Waals surface area contributed by atoms with Crippen LogP contribution < -0.4 is 11.5 Å². The number of nitrogens with zero attached hydrogens (tertiary/aromatic N) is 7. The van der Waals surface area contributed by atoms with E-state index in [9.17, 15) is 39.0 Å². The molecule has 2 saturated heterocycles. The van der Waals surface area contributed by atoms with Gasteiger partial charge in [0.2, 0.25) is 11.7 Å². The van der Waals surface area contributed by atoms with Crippen molar-refractivity contribution in [1.29, 1.82) is 0 Å². The average Bonchev–Trinajstić information content (AvgIpc) is 1.71. The summed E-state index contributed by atoms with van der Waals surface area (Å²) in [5.41, 5.74) is 20.3. The first-order chi connectivity index (χ1) is 63.6. The topological polar surface area (TPSA) is 409 Å². The number of aliphatic hydroxyl groups is 2. The zero-order valence-electron chi connectivity index (χ0n) is 80.8. The number of ketones is 2. The summed E-state index contributed by atoms with van der Waals surface area (Å²) >= 11 is 0. The molecule has 33 nitrogen and oxygen atoms in total. The van der Waals surface area contributed by atoms with Crippen molar-refractivity contribution in [3.8, 4) is 11.3 Å². The fourth-order valence-corrected chi connectivity index (χ4v) is 17.6. The third-order valence-corrected chi connectivity index (χ3v) is 25.2. The number of nitrogen functional groups attached to an aromatic ring is 2. The Bertz CT molecular complexity index is 4460. The van der Waals surface area contributed by atoms with Crippen molar-refractivity contribution in [2.45, 2.75) is 252 Å². The molecule has 3 fully saturated rings. The molecule has 2 bridgehead atoms. The van der Waals surface area contributed by atoms with Gasteiger partial charge in [0.05, 0.1) is 115 Å². The molecule has 4 aliphatic heterocycles. The molecule has 1 aliphatic carbocycles. The number of Topliss-reactive ketones (excluding diaryl/α,β-unsaturated/α-hetero) is 2. The van der Waals surface area contributed by atoms with Gasteiger partial charge in [-0.1, -0.05) is 103 Å². The van der Waals surface area contributed by atoms with Gasteiger partial charge in [0.25, 0.3) is 17.7 Å². The number of fused-ring (bicyclic) bond motifs is 6. The predicted molar refractivity (Wildman–Crippen MR) is 500 cm³/mol. The first kappa shape index (κ1) is 109. The van der Waals surface area contributed by atoms with Crippen molar-refractivity contribution < 1.29 is 114 Å². The highest BCUT2D eigenvalue weighted by atomic mass is 16.6. The minimum Gasteiger partial charge on any atom is -0.460 e. The third kappa shape index (κ3) is 33.3. The summed E-state index contributed by atoms with van der Waals surface area (Å²) in [6, 6.07) is 10.9. The monoisotopic (exact) mass is 1850 g/mol. The maximum Gasteiger partial charge on any atom is 0.329 e. The van der Waals surface area contributed by atoms with Crippen LogP contribution in [-0.2, 0) is 119 Å². The lowest BCUT2D eigenvalue weighted by Gasteiger charge is -2.43. The van der Waals surface area contributed by atoms with Crippen molar-refractivity contribution in [2.24, 2.45) is 35.5 Å². The Hall–Kier alpha value is -8.36. The number of allylic oxidation sites excluding steroid dienone is 5. The number of carbonyl (C=O) groups is 6. The fraction of sp³-hybridized carbons (Fsp3) is 0.677. The van der Waals surface area contributed by atoms with Gasteiger partial charge >= 0.3 is 11.9 Å². The number of aromatic nitrogens is 5. The van der Waals surface area contributed by atoms with E-state index in [1.807, 2.05) is 98.9 Å². The van der Waals surface area contributed by atoms with Gasteiger partial charge in [-0.05, 0) is 168 Å². The molecule has 0 spiro atoms. The Balaban J connectivity index is 0.000000297. The number of benzene rings is 2. The van der Waals surface area contributed by atoms with Gasteiger partial charge in [-0.15, -0.1) is 0 Å². The van der Waals surface area contributed by atoms with Crippen molar-refractivity contribution in [2.75, 3.05) is 160 Å². The minimum atomic E-state index is -2.42. The highest BCUT2D eigenvalue weighted by molar-refractivity contribution is 6.39. The number of oxazole rings is 1. The summed E-state index contributed by atoms with van der Waals surface area (Å²) in [6.45, 7) is 27.9. The van der Waals surface area contributed by atoms with E-state index >= 15 is 0 Å². The van der Waals surface area contributed by atoms with Crippen LogP contribution in [0.5, 0.6) is 0 Å². The molecule has 5 aliphatic rings. The normalized spacial score (nSPS) is 26.7. The van der Waals surface area contributed by atoms with Gasteiger partial charge in [-0.2, -0.15) is 10.1 Å². The molecule has 10 rings (SSSR count). The number of ether oxygens (including phenoxy) is 15. The van der Waals surface area contributed by atoms with Crippen LogP contribution in [0.3, 0.4) is 0 Å². The number of carbonyl (C=O) groups excluding carboxylic acids is 6. The second-order valence-electron chi connectivity index (χ2n) is 35.3. The zero-order valence-corrected chi connectivity index (χ0v) is 80.8. The second kappa shape index (κ2) is 57.5. The number of esters is 2. The molecular formula is C99H151N9O24. The maximum absolute atomic E-state index is 14.7. The van der Waals surface area contributed by atoms with Crippen LogP contribution in [-0.4, -0.2) is 289 Å². The summed E-state index contributed by atoms with van der Waals surface area (Å²) in [7, 11) is 9.40. The number of anilines is 2. The molecule has 1 saturated carbocycles. The van der Waals surface area contributed by atoms with Crippen molar-refractivity contribution in [1.82, 2.24) is 34.5 Å². The van der Waals surface area contributed by atoms with Crippen LogP contribution in [0, 0.1) is 35.5 Å². The first-order valence-electron chi connectivity index (χ1n) is 47.3. The van der Waals surface area contributed by atoms with E-state index in [-0.39, 0.29) is 79.3 Å². The molecule has 736 valence electrons. The van der Waals surface area contributed by atoms with E-state index in [0.29, 0.717) is 209 Å². The third-order valence-electron chi connectivity index (χ3n) is 25.2. The van der Waals surface area contributed by atoms with Crippen molar-refractivity contribution in [3.05, 3.63) is 107 Å². The lowest BCUT2D eigenvalue weighted by molar-refractivity contribution is -0.265. The second-order valence-corrected chi connectivity index (χ2v) is 35.3. The summed E-state index contributed by atoms with van der Waals surface area (Å²) < 4.78 is 91.6. The number of hydrogen-bond acceptors (Lipinski definition) is 30. The quantitative estimate of drug-likeness (QED) is 0.0124. The fourth-order valence-electron chi connectivity index (χ4n) is 17.6. The van der Waals surface area contributed by atoms with Crippen LogP contribution >= 0.6 is 0 Å².